The summed E-state index contributed by atoms with van der Waals surface area (Å²) in [6.45, 7) is 4.41. The smallest absolute Gasteiger partial charge is 0.267 e. The number of fused-ring (bicyclic) bond motifs is 2. The minimum Gasteiger partial charge on any atom is -0.267 e. The summed E-state index contributed by atoms with van der Waals surface area (Å²) in [5.74, 6) is 0. The van der Waals surface area contributed by atoms with Crippen molar-refractivity contribution in [2.75, 3.05) is 0 Å². The summed E-state index contributed by atoms with van der Waals surface area (Å²) in [4.78, 5) is 29.1. The van der Waals surface area contributed by atoms with Gasteiger partial charge in [-0.05, 0) is 30.7 Å². The largest absolute Gasteiger partial charge is 0.278 e. The third-order valence-electron chi connectivity index (χ3n) is 5.38. The van der Waals surface area contributed by atoms with Gasteiger partial charge in [-0.3, -0.25) is 9.59 Å². The van der Waals surface area contributed by atoms with Crippen LogP contribution in [-0.2, 0) is 13.1 Å². The van der Waals surface area contributed by atoms with Gasteiger partial charge in [0.25, 0.3) is 11.1 Å². The molecule has 168 valence electrons. The zero-order chi connectivity index (χ0) is 22.9. The molecule has 0 aliphatic rings. The number of hydrogen-bond donors (Lipinski definition) is 0. The standard InChI is InChI=1S/C18H19N13O2/c1-3-12(9-28-20-4-5-21-28)31-18(33)14-7-15-13(6-16(14)24-27-31)17(32)30(26-23-15)11(2)8-29-22-10-19-25-29/h4-7,10-12H,3,8-9H2,1-2H3/t11-,12-/m1/s1. The molecule has 0 N–H and O–H groups in total. The Morgan fingerprint density at radius 3 is 2.06 bits per heavy atom. The molecule has 0 aliphatic heterocycles. The highest BCUT2D eigenvalue weighted by Crippen LogP contribution is 2.16. The van der Waals surface area contributed by atoms with Gasteiger partial charge in [-0.2, -0.15) is 19.8 Å². The van der Waals surface area contributed by atoms with Crippen LogP contribution in [-0.4, -0.2) is 65.2 Å². The monoisotopic (exact) mass is 449 g/mol. The van der Waals surface area contributed by atoms with Crippen LogP contribution in [0.3, 0.4) is 0 Å². The van der Waals surface area contributed by atoms with Crippen LogP contribution < -0.4 is 11.1 Å². The van der Waals surface area contributed by atoms with Crippen molar-refractivity contribution in [1.29, 1.82) is 0 Å². The van der Waals surface area contributed by atoms with E-state index in [2.05, 4.69) is 46.2 Å². The van der Waals surface area contributed by atoms with Crippen molar-refractivity contribution >= 4 is 21.8 Å². The Hall–Kier alpha value is -4.43. The van der Waals surface area contributed by atoms with Crippen LogP contribution in [0.25, 0.3) is 21.8 Å². The van der Waals surface area contributed by atoms with Gasteiger partial charge in [-0.15, -0.1) is 20.4 Å². The van der Waals surface area contributed by atoms with Gasteiger partial charge in [0.2, 0.25) is 0 Å². The number of rotatable bonds is 7. The van der Waals surface area contributed by atoms with E-state index in [1.54, 1.807) is 19.3 Å². The summed E-state index contributed by atoms with van der Waals surface area (Å²) < 4.78 is 2.57. The van der Waals surface area contributed by atoms with E-state index in [9.17, 15) is 9.59 Å². The van der Waals surface area contributed by atoms with E-state index in [0.717, 1.165) is 0 Å². The molecule has 0 saturated carbocycles. The Morgan fingerprint density at radius 1 is 0.818 bits per heavy atom. The summed E-state index contributed by atoms with van der Waals surface area (Å²) in [5, 5.41) is 36.7. The molecule has 5 aromatic rings. The zero-order valence-corrected chi connectivity index (χ0v) is 17.8. The molecular weight excluding hydrogens is 430 g/mol. The maximum absolute atomic E-state index is 13.2. The quantitative estimate of drug-likeness (QED) is 0.290. The lowest BCUT2D eigenvalue weighted by Crippen LogP contribution is -2.32. The second-order valence-corrected chi connectivity index (χ2v) is 7.55. The van der Waals surface area contributed by atoms with Crippen LogP contribution in [0.15, 0.2) is 40.4 Å². The van der Waals surface area contributed by atoms with E-state index in [-0.39, 0.29) is 28.6 Å². The average Bonchev–Trinajstić information content (AvgIpc) is 3.52. The minimum atomic E-state index is -0.375. The molecule has 4 heterocycles. The molecule has 15 heteroatoms. The van der Waals surface area contributed by atoms with Crippen LogP contribution in [0.2, 0.25) is 0 Å². The normalized spacial score (nSPS) is 13.5. The number of benzene rings is 1. The highest BCUT2D eigenvalue weighted by Gasteiger charge is 2.19. The van der Waals surface area contributed by atoms with Crippen molar-refractivity contribution in [3.05, 3.63) is 51.6 Å². The molecule has 0 amide bonds. The minimum absolute atomic E-state index is 0.287. The Labute approximate surface area is 184 Å². The van der Waals surface area contributed by atoms with Gasteiger partial charge in [0.1, 0.15) is 11.0 Å². The first-order chi connectivity index (χ1) is 16.0. The van der Waals surface area contributed by atoms with Crippen molar-refractivity contribution in [3.63, 3.8) is 0 Å². The Kier molecular flexibility index (Phi) is 5.12. The van der Waals surface area contributed by atoms with Crippen molar-refractivity contribution in [3.8, 4) is 0 Å². The van der Waals surface area contributed by atoms with Crippen molar-refractivity contribution in [2.24, 2.45) is 0 Å². The molecule has 1 aromatic carbocycles. The maximum atomic E-state index is 13.2. The lowest BCUT2D eigenvalue weighted by Gasteiger charge is -2.16. The van der Waals surface area contributed by atoms with Gasteiger partial charge in [-0.25, -0.2) is 9.36 Å². The predicted molar refractivity (Wildman–Crippen MR) is 113 cm³/mol. The second-order valence-electron chi connectivity index (χ2n) is 7.55. The molecule has 0 bridgehead atoms. The van der Waals surface area contributed by atoms with E-state index in [4.69, 9.17) is 0 Å². The second kappa shape index (κ2) is 8.25. The highest BCUT2D eigenvalue weighted by atomic mass is 16.1. The molecular formula is C18H19N13O2. The van der Waals surface area contributed by atoms with Crippen molar-refractivity contribution in [1.82, 2.24) is 65.2 Å². The molecule has 0 spiro atoms. The van der Waals surface area contributed by atoms with Gasteiger partial charge in [0, 0.05) is 0 Å². The third-order valence-corrected chi connectivity index (χ3v) is 5.38. The van der Waals surface area contributed by atoms with Crippen LogP contribution in [0.1, 0.15) is 32.4 Å². The molecule has 33 heavy (non-hydrogen) atoms. The molecule has 5 rings (SSSR count). The maximum Gasteiger partial charge on any atom is 0.278 e. The van der Waals surface area contributed by atoms with Gasteiger partial charge < -0.3 is 0 Å². The average molecular weight is 449 g/mol. The Morgan fingerprint density at radius 2 is 1.45 bits per heavy atom. The van der Waals surface area contributed by atoms with Crippen molar-refractivity contribution in [2.45, 2.75) is 45.4 Å². The molecule has 0 radical (unpaired) electrons. The molecule has 0 fully saturated rings. The topological polar surface area (TPSA) is 170 Å². The SMILES string of the molecule is CC[C@H](Cn1nccn1)n1nnc2cc3c(=O)n([C@H](C)Cn4ncnn4)nnc3cc2c1=O. The molecule has 4 aromatic heterocycles. The first-order valence-corrected chi connectivity index (χ1v) is 10.3. The van der Waals surface area contributed by atoms with Gasteiger partial charge in [0.05, 0.1) is 48.3 Å². The summed E-state index contributed by atoms with van der Waals surface area (Å²) in [7, 11) is 0. The van der Waals surface area contributed by atoms with Crippen LogP contribution in [0.4, 0.5) is 0 Å². The molecule has 0 saturated heterocycles. The summed E-state index contributed by atoms with van der Waals surface area (Å²) in [6.07, 6.45) is 5.08. The van der Waals surface area contributed by atoms with Crippen LogP contribution in [0.5, 0.6) is 0 Å². The molecule has 2 atom stereocenters. The van der Waals surface area contributed by atoms with E-state index >= 15 is 0 Å². The lowest BCUT2D eigenvalue weighted by atomic mass is 10.1. The Balaban J connectivity index is 1.55. The summed E-state index contributed by atoms with van der Waals surface area (Å²) in [6, 6.07) is 2.38. The van der Waals surface area contributed by atoms with Gasteiger partial charge >= 0.3 is 0 Å². The number of nitrogens with zero attached hydrogens (tertiary/aromatic N) is 13. The van der Waals surface area contributed by atoms with E-state index < -0.39 is 0 Å². The fourth-order valence-corrected chi connectivity index (χ4v) is 3.62. The highest BCUT2D eigenvalue weighted by molar-refractivity contribution is 5.93. The fourth-order valence-electron chi connectivity index (χ4n) is 3.62. The van der Waals surface area contributed by atoms with Gasteiger partial charge in [0.15, 0.2) is 6.33 Å². The third kappa shape index (κ3) is 3.72. The fraction of sp³-hybridized carbons (Fsp3) is 0.389. The predicted octanol–water partition coefficient (Wildman–Crippen LogP) is -0.613. The summed E-state index contributed by atoms with van der Waals surface area (Å²) in [5.41, 5.74) is -0.0967. The number of aromatic nitrogens is 13. The first-order valence-electron chi connectivity index (χ1n) is 10.3. The van der Waals surface area contributed by atoms with Crippen molar-refractivity contribution < 1.29 is 0 Å². The first kappa shape index (κ1) is 20.5. The number of tetrazole rings is 1. The molecule has 15 nitrogen and oxygen atoms in total. The van der Waals surface area contributed by atoms with E-state index in [1.165, 1.54) is 37.4 Å². The van der Waals surface area contributed by atoms with Crippen LogP contribution >= 0.6 is 0 Å². The van der Waals surface area contributed by atoms with Gasteiger partial charge in [-0.1, -0.05) is 17.4 Å². The van der Waals surface area contributed by atoms with Crippen LogP contribution in [0, 0.1) is 0 Å². The van der Waals surface area contributed by atoms with E-state index in [1.807, 2.05) is 6.92 Å². The Bertz CT molecular complexity index is 1520. The summed E-state index contributed by atoms with van der Waals surface area (Å²) >= 11 is 0. The van der Waals surface area contributed by atoms with E-state index in [0.29, 0.717) is 35.9 Å². The zero-order valence-electron chi connectivity index (χ0n) is 17.8. The molecule has 0 aliphatic carbocycles. The number of hydrogen-bond acceptors (Lipinski definition) is 11. The molecule has 0 unspecified atom stereocenters. The lowest BCUT2D eigenvalue weighted by molar-refractivity contribution is 0.327.